The van der Waals surface area contributed by atoms with E-state index < -0.39 is 6.10 Å². The third kappa shape index (κ3) is 7.12. The zero-order valence-corrected chi connectivity index (χ0v) is 16.7. The van der Waals surface area contributed by atoms with E-state index in [1.807, 2.05) is 24.3 Å². The summed E-state index contributed by atoms with van der Waals surface area (Å²) in [7, 11) is 0. The number of aliphatic hydroxyl groups is 1. The number of hydrogen-bond donors (Lipinski definition) is 4. The first-order valence-corrected chi connectivity index (χ1v) is 9.50. The fraction of sp³-hybridized carbons (Fsp3) is 0.455. The van der Waals surface area contributed by atoms with E-state index in [2.05, 4.69) is 38.3 Å². The summed E-state index contributed by atoms with van der Waals surface area (Å²) in [5, 5.41) is 27.0. The topological polar surface area (TPSA) is 73.8 Å². The number of aromatic hydroxyl groups is 1. The molecule has 27 heavy (non-hydrogen) atoms. The molecule has 1 unspecified atom stereocenters. The monoisotopic (exact) mass is 372 g/mol. The Morgan fingerprint density at radius 1 is 1.07 bits per heavy atom. The average molecular weight is 373 g/mol. The maximum Gasteiger partial charge on any atom is 0.138 e. The van der Waals surface area contributed by atoms with Gasteiger partial charge in [-0.05, 0) is 62.6 Å². The van der Waals surface area contributed by atoms with Crippen molar-refractivity contribution in [3.63, 3.8) is 0 Å². The summed E-state index contributed by atoms with van der Waals surface area (Å²) < 4.78 is 5.59. The molecule has 0 aromatic heterocycles. The van der Waals surface area contributed by atoms with Crippen LogP contribution >= 0.6 is 0 Å². The molecule has 5 heteroatoms. The van der Waals surface area contributed by atoms with Crippen molar-refractivity contribution in [2.24, 2.45) is 0 Å². The highest BCUT2D eigenvalue weighted by Crippen LogP contribution is 2.28. The van der Waals surface area contributed by atoms with Gasteiger partial charge < -0.3 is 25.6 Å². The lowest BCUT2D eigenvalue weighted by Gasteiger charge is -2.23. The minimum absolute atomic E-state index is 0.0635. The number of phenols is 1. The Balaban J connectivity index is 1.97. The molecule has 2 aromatic rings. The molecule has 1 atom stereocenters. The summed E-state index contributed by atoms with van der Waals surface area (Å²) in [5.74, 6) is 1.03. The van der Waals surface area contributed by atoms with Crippen LogP contribution in [0.1, 0.15) is 51.3 Å². The van der Waals surface area contributed by atoms with Crippen LogP contribution in [0, 0.1) is 0 Å². The van der Waals surface area contributed by atoms with E-state index >= 15 is 0 Å². The Morgan fingerprint density at radius 2 is 1.78 bits per heavy atom. The Kier molecular flexibility index (Phi) is 7.51. The van der Waals surface area contributed by atoms with E-state index in [0.717, 1.165) is 23.3 Å². The third-order valence-electron chi connectivity index (χ3n) is 4.11. The van der Waals surface area contributed by atoms with Gasteiger partial charge in [0.15, 0.2) is 0 Å². The molecule has 0 bridgehead atoms. The maximum absolute atomic E-state index is 10.4. The summed E-state index contributed by atoms with van der Waals surface area (Å²) in [6.07, 6.45) is 0.344. The average Bonchev–Trinajstić information content (AvgIpc) is 2.64. The Morgan fingerprint density at radius 3 is 2.41 bits per heavy atom. The van der Waals surface area contributed by atoms with Gasteiger partial charge in [0.25, 0.3) is 0 Å². The van der Waals surface area contributed by atoms with Gasteiger partial charge in [0.05, 0.1) is 18.4 Å². The second-order valence-corrected chi connectivity index (χ2v) is 7.77. The molecule has 0 saturated carbocycles. The molecule has 0 heterocycles. The van der Waals surface area contributed by atoms with E-state index in [1.165, 1.54) is 0 Å². The Hall–Kier alpha value is -2.24. The second kappa shape index (κ2) is 9.62. The molecule has 2 rings (SSSR count). The van der Waals surface area contributed by atoms with Crippen LogP contribution in [-0.2, 0) is 6.54 Å². The van der Waals surface area contributed by atoms with Crippen LogP contribution in [-0.4, -0.2) is 28.9 Å². The van der Waals surface area contributed by atoms with Gasteiger partial charge >= 0.3 is 0 Å². The third-order valence-corrected chi connectivity index (χ3v) is 4.11. The highest BCUT2D eigenvalue weighted by atomic mass is 16.5. The number of β-amino-alcohol motifs (C(OH)–C–C–N with tert-alkyl or cyclic N) is 1. The molecular formula is C22H32N2O3. The Bertz CT molecular complexity index is 708. The minimum Gasteiger partial charge on any atom is -0.506 e. The predicted molar refractivity (Wildman–Crippen MR) is 110 cm³/mol. The molecule has 0 saturated heterocycles. The maximum atomic E-state index is 10.4. The standard InChI is InChI=1S/C22H32N2O3/c1-5-12-27-18-9-6-16(7-10-18)14-23-19-13-17(8-11-20(19)25)21(26)15-24-22(2,3)4/h6-11,13,21,23-26H,5,12,14-15H2,1-4H3. The first-order valence-electron chi connectivity index (χ1n) is 9.50. The van der Waals surface area contributed by atoms with Gasteiger partial charge in [0, 0.05) is 18.6 Å². The zero-order chi connectivity index (χ0) is 19.9. The number of ether oxygens (including phenoxy) is 1. The second-order valence-electron chi connectivity index (χ2n) is 7.77. The van der Waals surface area contributed by atoms with E-state index in [0.29, 0.717) is 25.4 Å². The van der Waals surface area contributed by atoms with Gasteiger partial charge in [-0.25, -0.2) is 0 Å². The van der Waals surface area contributed by atoms with E-state index in [9.17, 15) is 10.2 Å². The number of rotatable bonds is 9. The summed E-state index contributed by atoms with van der Waals surface area (Å²) >= 11 is 0. The summed E-state index contributed by atoms with van der Waals surface area (Å²) in [6, 6.07) is 13.1. The molecule has 0 spiro atoms. The van der Waals surface area contributed by atoms with Gasteiger partial charge in [0.1, 0.15) is 11.5 Å². The molecule has 0 amide bonds. The molecular weight excluding hydrogens is 340 g/mol. The molecule has 0 aliphatic heterocycles. The van der Waals surface area contributed by atoms with Gasteiger partial charge in [-0.1, -0.05) is 25.1 Å². The lowest BCUT2D eigenvalue weighted by atomic mass is 10.1. The van der Waals surface area contributed by atoms with Crippen molar-refractivity contribution in [2.75, 3.05) is 18.5 Å². The number of aliphatic hydroxyl groups excluding tert-OH is 1. The number of hydrogen-bond acceptors (Lipinski definition) is 5. The molecule has 148 valence electrons. The number of nitrogens with one attached hydrogen (secondary N) is 2. The van der Waals surface area contributed by atoms with Gasteiger partial charge in [-0.3, -0.25) is 0 Å². The fourth-order valence-electron chi connectivity index (χ4n) is 2.54. The van der Waals surface area contributed by atoms with Crippen LogP contribution in [0.4, 0.5) is 5.69 Å². The SMILES string of the molecule is CCCOc1ccc(CNc2cc(C(O)CNC(C)(C)C)ccc2O)cc1. The van der Waals surface area contributed by atoms with Crippen LogP contribution < -0.4 is 15.4 Å². The predicted octanol–water partition coefficient (Wildman–Crippen LogP) is 4.21. The van der Waals surface area contributed by atoms with Crippen molar-refractivity contribution in [3.05, 3.63) is 53.6 Å². The molecule has 0 aliphatic rings. The van der Waals surface area contributed by atoms with Gasteiger partial charge in [0.2, 0.25) is 0 Å². The molecule has 0 fully saturated rings. The van der Waals surface area contributed by atoms with Crippen molar-refractivity contribution in [1.82, 2.24) is 5.32 Å². The Labute approximate surface area is 162 Å². The van der Waals surface area contributed by atoms with E-state index in [4.69, 9.17) is 4.74 Å². The van der Waals surface area contributed by atoms with Crippen molar-refractivity contribution in [2.45, 2.75) is 52.3 Å². The summed E-state index contributed by atoms with van der Waals surface area (Å²) in [6.45, 7) is 9.99. The first-order chi connectivity index (χ1) is 12.8. The highest BCUT2D eigenvalue weighted by Gasteiger charge is 2.15. The zero-order valence-electron chi connectivity index (χ0n) is 16.7. The number of phenolic OH excluding ortho intramolecular Hbond substituents is 1. The van der Waals surface area contributed by atoms with E-state index in [-0.39, 0.29) is 11.3 Å². The number of benzene rings is 2. The minimum atomic E-state index is -0.639. The molecule has 2 aromatic carbocycles. The molecule has 4 N–H and O–H groups in total. The van der Waals surface area contributed by atoms with Crippen LogP contribution in [0.25, 0.3) is 0 Å². The van der Waals surface area contributed by atoms with Crippen LogP contribution in [0.5, 0.6) is 11.5 Å². The van der Waals surface area contributed by atoms with Crippen molar-refractivity contribution in [3.8, 4) is 11.5 Å². The lowest BCUT2D eigenvalue weighted by Crippen LogP contribution is -2.38. The fourth-order valence-corrected chi connectivity index (χ4v) is 2.54. The summed E-state index contributed by atoms with van der Waals surface area (Å²) in [5.41, 5.74) is 2.38. The van der Waals surface area contributed by atoms with E-state index in [1.54, 1.807) is 18.2 Å². The first kappa shape index (κ1) is 21.1. The van der Waals surface area contributed by atoms with Crippen LogP contribution in [0.2, 0.25) is 0 Å². The molecule has 0 radical (unpaired) electrons. The smallest absolute Gasteiger partial charge is 0.138 e. The van der Waals surface area contributed by atoms with Crippen molar-refractivity contribution < 1.29 is 14.9 Å². The highest BCUT2D eigenvalue weighted by molar-refractivity contribution is 5.58. The quantitative estimate of drug-likeness (QED) is 0.496. The van der Waals surface area contributed by atoms with Gasteiger partial charge in [-0.2, -0.15) is 0 Å². The van der Waals surface area contributed by atoms with Crippen LogP contribution in [0.3, 0.4) is 0 Å². The van der Waals surface area contributed by atoms with Crippen molar-refractivity contribution in [1.29, 1.82) is 0 Å². The molecule has 5 nitrogen and oxygen atoms in total. The normalized spacial score (nSPS) is 12.6. The van der Waals surface area contributed by atoms with Gasteiger partial charge in [-0.15, -0.1) is 0 Å². The van der Waals surface area contributed by atoms with Crippen molar-refractivity contribution >= 4 is 5.69 Å². The summed E-state index contributed by atoms with van der Waals surface area (Å²) in [4.78, 5) is 0. The number of anilines is 1. The largest absolute Gasteiger partial charge is 0.506 e. The lowest BCUT2D eigenvalue weighted by molar-refractivity contribution is 0.163. The molecule has 0 aliphatic carbocycles. The van der Waals surface area contributed by atoms with Crippen LogP contribution in [0.15, 0.2) is 42.5 Å².